The normalized spacial score (nSPS) is 11.2. The standard InChI is InChI=1S/C13H9.C9H6Br.2ClH.S.Zr/c1-3-7-12-10(5-1)9-11-6-2-4-8-13(11)12;10-9-6-2-4-7-3-1-5-8(7)9;;;;/h1,3-8H,9H2;1-3,6H,5H2;2*1H;;/q2*-1;;;;+2/p-2. The Balaban J connectivity index is 0.000000237. The van der Waals surface area contributed by atoms with Crippen molar-refractivity contribution in [2.24, 2.45) is 0 Å². The number of rotatable bonds is 0. The van der Waals surface area contributed by atoms with Gasteiger partial charge in [-0.15, -0.1) is 52.6 Å². The average Bonchev–Trinajstić information content (AvgIpc) is 3.29. The topological polar surface area (TPSA) is 0 Å². The minimum absolute atomic E-state index is 0. The van der Waals surface area contributed by atoms with Gasteiger partial charge in [0.2, 0.25) is 0 Å². The number of allylic oxidation sites excluding steroid dienone is 1. The quantitative estimate of drug-likeness (QED) is 0.287. The summed E-state index contributed by atoms with van der Waals surface area (Å²) in [4.78, 5) is 0. The summed E-state index contributed by atoms with van der Waals surface area (Å²) in [6.45, 7) is 0. The molecule has 0 atom stereocenters. The van der Waals surface area contributed by atoms with Crippen LogP contribution in [0, 0.1) is 12.1 Å². The van der Waals surface area contributed by atoms with Crippen molar-refractivity contribution in [1.82, 2.24) is 0 Å². The zero-order chi connectivity index (χ0) is 17.6. The van der Waals surface area contributed by atoms with E-state index in [-0.39, 0.29) is 24.8 Å². The number of hydrogen-bond donors (Lipinski definition) is 0. The molecule has 5 rings (SSSR count). The molecule has 0 saturated carbocycles. The van der Waals surface area contributed by atoms with Crippen molar-refractivity contribution in [3.8, 4) is 11.1 Å². The van der Waals surface area contributed by atoms with Crippen LogP contribution in [0.5, 0.6) is 0 Å². The third kappa shape index (κ3) is 5.78. The molecule has 0 unspecified atom stereocenters. The van der Waals surface area contributed by atoms with Gasteiger partial charge in [-0.05, 0) is 17.5 Å². The molecule has 0 spiro atoms. The molecule has 5 heteroatoms. The molecule has 0 amide bonds. The van der Waals surface area contributed by atoms with Gasteiger partial charge < -0.3 is 24.8 Å². The van der Waals surface area contributed by atoms with Crippen LogP contribution in [0.25, 0.3) is 17.2 Å². The average molecular weight is 553 g/mol. The first-order valence-electron chi connectivity index (χ1n) is 7.96. The molecular formula is C22H15BrCl2SZr-2. The van der Waals surface area contributed by atoms with Gasteiger partial charge in [0.15, 0.2) is 0 Å². The smallest absolute Gasteiger partial charge is 0.0398 e. The number of fused-ring (bicyclic) bond motifs is 4. The van der Waals surface area contributed by atoms with Crippen LogP contribution < -0.4 is 24.8 Å². The predicted molar refractivity (Wildman–Crippen MR) is 107 cm³/mol. The van der Waals surface area contributed by atoms with E-state index in [0.29, 0.717) is 0 Å². The van der Waals surface area contributed by atoms with E-state index in [1.165, 1.54) is 37.9 Å². The summed E-state index contributed by atoms with van der Waals surface area (Å²) in [7, 11) is 4.17. The summed E-state index contributed by atoms with van der Waals surface area (Å²) in [5.41, 5.74) is 8.22. The maximum absolute atomic E-state index is 4.17. The van der Waals surface area contributed by atoms with Gasteiger partial charge in [-0.3, -0.25) is 0 Å². The largest absolute Gasteiger partial charge is 0.183 e. The molecule has 0 aromatic heterocycles. The van der Waals surface area contributed by atoms with Crippen molar-refractivity contribution in [3.05, 3.63) is 99.5 Å². The van der Waals surface area contributed by atoms with Crippen LogP contribution in [0.1, 0.15) is 22.3 Å². The fourth-order valence-electron chi connectivity index (χ4n) is 3.19. The molecule has 0 aliphatic heterocycles. The summed E-state index contributed by atoms with van der Waals surface area (Å²) in [5, 5.41) is 0. The molecule has 3 aromatic rings. The summed E-state index contributed by atoms with van der Waals surface area (Å²) in [5.74, 6) is 0. The van der Waals surface area contributed by atoms with Crippen molar-refractivity contribution in [1.29, 1.82) is 0 Å². The molecule has 3 aromatic carbocycles. The second kappa shape index (κ2) is 12.2. The first kappa shape index (κ1) is 24.6. The van der Waals surface area contributed by atoms with E-state index >= 15 is 0 Å². The Bertz CT molecular complexity index is 884. The second-order valence-corrected chi connectivity index (χ2v) is 6.60. The molecule has 0 bridgehead atoms. The van der Waals surface area contributed by atoms with Gasteiger partial charge in [0.1, 0.15) is 0 Å². The van der Waals surface area contributed by atoms with E-state index in [1.807, 2.05) is 18.2 Å². The molecular weight excluding hydrogens is 538 g/mol. The maximum atomic E-state index is 4.17. The van der Waals surface area contributed by atoms with Crippen molar-refractivity contribution in [3.63, 3.8) is 0 Å². The van der Waals surface area contributed by atoms with Gasteiger partial charge in [-0.1, -0.05) is 51.1 Å². The van der Waals surface area contributed by atoms with Crippen LogP contribution >= 0.6 is 24.8 Å². The molecule has 0 nitrogen and oxygen atoms in total. The van der Waals surface area contributed by atoms with Crippen LogP contribution in [0.2, 0.25) is 0 Å². The molecule has 0 radical (unpaired) electrons. The number of hydrogen-bond acceptors (Lipinski definition) is 1. The Morgan fingerprint density at radius 3 is 2.44 bits per heavy atom. The fraction of sp³-hybridized carbons (Fsp3) is 0.0909. The van der Waals surface area contributed by atoms with Crippen molar-refractivity contribution in [2.75, 3.05) is 0 Å². The molecule has 2 aliphatic carbocycles. The zero-order valence-electron chi connectivity index (χ0n) is 14.3. The van der Waals surface area contributed by atoms with E-state index in [1.54, 1.807) is 0 Å². The van der Waals surface area contributed by atoms with Crippen LogP contribution in [0.15, 0.2) is 65.1 Å². The molecule has 0 saturated heterocycles. The van der Waals surface area contributed by atoms with Gasteiger partial charge >= 0.3 is 31.5 Å². The second-order valence-electron chi connectivity index (χ2n) is 5.74. The molecule has 2 aliphatic rings. The molecule has 0 N–H and O–H groups in total. The summed E-state index contributed by atoms with van der Waals surface area (Å²) in [6.07, 6.45) is 6.39. The van der Waals surface area contributed by atoms with Gasteiger partial charge in [0.05, 0.1) is 0 Å². The molecule has 27 heavy (non-hydrogen) atoms. The van der Waals surface area contributed by atoms with Gasteiger partial charge in [0.25, 0.3) is 0 Å². The third-order valence-corrected chi connectivity index (χ3v) is 5.07. The van der Waals surface area contributed by atoms with Crippen molar-refractivity contribution < 1.29 is 47.5 Å². The zero-order valence-corrected chi connectivity index (χ0v) is 20.7. The van der Waals surface area contributed by atoms with Crippen LogP contribution in [0.3, 0.4) is 0 Å². The van der Waals surface area contributed by atoms with E-state index in [4.69, 9.17) is 0 Å². The predicted octanol–water partition coefficient (Wildman–Crippen LogP) is 0.530. The Morgan fingerprint density at radius 1 is 0.926 bits per heavy atom. The Labute approximate surface area is 200 Å². The molecule has 0 fully saturated rings. The minimum atomic E-state index is 0. The van der Waals surface area contributed by atoms with Gasteiger partial charge in [-0.2, -0.15) is 24.3 Å². The minimum Gasteiger partial charge on any atom is -0.183 e. The van der Waals surface area contributed by atoms with E-state index < -0.39 is 0 Å². The van der Waals surface area contributed by atoms with E-state index in [0.717, 1.165) is 35.5 Å². The first-order chi connectivity index (χ1) is 12.3. The Kier molecular flexibility index (Phi) is 11.1. The van der Waals surface area contributed by atoms with Crippen LogP contribution in [-0.4, -0.2) is 0 Å². The monoisotopic (exact) mass is 550 g/mol. The Hall–Kier alpha value is -0.437. The van der Waals surface area contributed by atoms with E-state index in [9.17, 15) is 0 Å². The molecule has 0 heterocycles. The third-order valence-electron chi connectivity index (χ3n) is 4.33. The first-order valence-corrected chi connectivity index (χ1v) is 12.2. The SMILES string of the molecule is Brc1cc[c-]c2c1CC=C2.[Cl-].[Cl-].[S]=[Zr+2].[c-]1ccc2c(c1)Cc1ccccc1-2. The summed E-state index contributed by atoms with van der Waals surface area (Å²) < 4.78 is 1.20. The molecule has 136 valence electrons. The van der Waals surface area contributed by atoms with Gasteiger partial charge in [-0.25, -0.2) is 0 Å². The summed E-state index contributed by atoms with van der Waals surface area (Å²) in [6, 6.07) is 25.1. The van der Waals surface area contributed by atoms with E-state index in [2.05, 4.69) is 85.5 Å². The van der Waals surface area contributed by atoms with Crippen LogP contribution in [-0.2, 0) is 35.5 Å². The number of benzene rings is 3. The van der Waals surface area contributed by atoms with Gasteiger partial charge in [0, 0.05) is 0 Å². The number of halogens is 3. The fourth-order valence-corrected chi connectivity index (χ4v) is 3.70. The van der Waals surface area contributed by atoms with Crippen molar-refractivity contribution in [2.45, 2.75) is 12.8 Å². The maximum Gasteiger partial charge on any atom is -0.0398 e. The van der Waals surface area contributed by atoms with Crippen molar-refractivity contribution >= 4 is 30.9 Å². The van der Waals surface area contributed by atoms with Crippen LogP contribution in [0.4, 0.5) is 0 Å². The Morgan fingerprint density at radius 2 is 1.67 bits per heavy atom. The summed E-state index contributed by atoms with van der Waals surface area (Å²) >= 11 is 4.62.